The first-order chi connectivity index (χ1) is 16.4. The van der Waals surface area contributed by atoms with Crippen molar-refractivity contribution in [1.29, 1.82) is 0 Å². The Morgan fingerprint density at radius 1 is 1.12 bits per heavy atom. The van der Waals surface area contributed by atoms with Gasteiger partial charge in [0.25, 0.3) is 10.0 Å². The second-order valence-electron chi connectivity index (χ2n) is 8.77. The van der Waals surface area contributed by atoms with E-state index in [-0.39, 0.29) is 35.9 Å². The molecule has 2 aromatic carbocycles. The summed E-state index contributed by atoms with van der Waals surface area (Å²) in [6.07, 6.45) is -0.573. The molecule has 0 radical (unpaired) electrons. The molecule has 0 spiro atoms. The summed E-state index contributed by atoms with van der Waals surface area (Å²) < 4.78 is 45.6. The first kappa shape index (κ1) is 23.1. The number of aliphatic hydroxyl groups excluding tert-OH is 1. The van der Waals surface area contributed by atoms with Crippen LogP contribution in [-0.4, -0.2) is 75.6 Å². The number of nitrogens with zero attached hydrogens (tertiary/aromatic N) is 1. The van der Waals surface area contributed by atoms with Gasteiger partial charge >= 0.3 is 0 Å². The maximum Gasteiger partial charge on any atom is 0.261 e. The quantitative estimate of drug-likeness (QED) is 0.637. The van der Waals surface area contributed by atoms with Gasteiger partial charge in [0.1, 0.15) is 18.0 Å². The number of anilines is 1. The van der Waals surface area contributed by atoms with E-state index in [1.165, 1.54) is 12.1 Å². The Morgan fingerprint density at radius 2 is 1.88 bits per heavy atom. The van der Waals surface area contributed by atoms with Crippen LogP contribution in [0.15, 0.2) is 53.4 Å². The normalized spacial score (nSPS) is 26.3. The Hall–Kier alpha value is -2.66. The van der Waals surface area contributed by atoms with Crippen LogP contribution >= 0.6 is 0 Å². The smallest absolute Gasteiger partial charge is 0.261 e. The van der Waals surface area contributed by atoms with Crippen LogP contribution in [0.2, 0.25) is 0 Å². The van der Waals surface area contributed by atoms with Crippen molar-refractivity contribution in [2.75, 3.05) is 37.6 Å². The number of amides is 1. The van der Waals surface area contributed by atoms with Crippen molar-refractivity contribution in [2.45, 2.75) is 42.0 Å². The highest BCUT2D eigenvalue weighted by atomic mass is 32.2. The summed E-state index contributed by atoms with van der Waals surface area (Å²) in [5.41, 5.74) is 1.28. The largest absolute Gasteiger partial charge is 0.487 e. The number of sulfonamides is 1. The maximum absolute atomic E-state index is 12.8. The van der Waals surface area contributed by atoms with Gasteiger partial charge in [0.2, 0.25) is 5.91 Å². The standard InChI is InChI=1S/C24H28N2O7S/c27-15-22-24-20(13-17(32-22)14-23(28)26-8-10-31-11-9-26)19-12-16(6-7-21(19)33-24)25-34(29,30)18-4-2-1-3-5-18/h1-7,12,17,20,22,24-25,27H,8-11,13-15H2/t17-,20+,22-,24-/m1/s1. The van der Waals surface area contributed by atoms with Crippen molar-refractivity contribution < 1.29 is 32.5 Å². The molecule has 2 saturated heterocycles. The van der Waals surface area contributed by atoms with Crippen molar-refractivity contribution >= 4 is 21.6 Å². The van der Waals surface area contributed by atoms with Crippen LogP contribution in [0.4, 0.5) is 5.69 Å². The summed E-state index contributed by atoms with van der Waals surface area (Å²) in [5, 5.41) is 9.94. The van der Waals surface area contributed by atoms with E-state index in [4.69, 9.17) is 14.2 Å². The molecule has 3 heterocycles. The minimum absolute atomic E-state index is 0.00644. The van der Waals surface area contributed by atoms with Crippen molar-refractivity contribution in [2.24, 2.45) is 0 Å². The lowest BCUT2D eigenvalue weighted by molar-refractivity contribution is -0.151. The predicted molar refractivity (Wildman–Crippen MR) is 123 cm³/mol. The van der Waals surface area contributed by atoms with Gasteiger partial charge in [-0.05, 0) is 36.8 Å². The monoisotopic (exact) mass is 488 g/mol. The van der Waals surface area contributed by atoms with Crippen LogP contribution in [0, 0.1) is 0 Å². The van der Waals surface area contributed by atoms with Gasteiger partial charge in [-0.25, -0.2) is 8.42 Å². The SMILES string of the molecule is O=C(C[C@H]1C[C@H]2c3cc(NS(=O)(=O)c4ccccc4)ccc3O[C@H]2[C@@H](CO)O1)N1CCOCC1. The number of benzene rings is 2. The second kappa shape index (κ2) is 9.53. The van der Waals surface area contributed by atoms with Gasteiger partial charge in [0.05, 0.1) is 37.2 Å². The highest BCUT2D eigenvalue weighted by molar-refractivity contribution is 7.92. The number of nitrogens with one attached hydrogen (secondary N) is 1. The average Bonchev–Trinajstić information content (AvgIpc) is 3.22. The van der Waals surface area contributed by atoms with Crippen molar-refractivity contribution in [1.82, 2.24) is 4.90 Å². The van der Waals surface area contributed by atoms with Gasteiger partial charge < -0.3 is 24.2 Å². The average molecular weight is 489 g/mol. The molecule has 182 valence electrons. The van der Waals surface area contributed by atoms with Gasteiger partial charge in [-0.3, -0.25) is 9.52 Å². The van der Waals surface area contributed by atoms with Crippen molar-refractivity contribution in [3.05, 3.63) is 54.1 Å². The molecule has 0 saturated carbocycles. The zero-order valence-corrected chi connectivity index (χ0v) is 19.4. The number of hydrogen-bond donors (Lipinski definition) is 2. The van der Waals surface area contributed by atoms with E-state index in [0.29, 0.717) is 44.2 Å². The summed E-state index contributed by atoms with van der Waals surface area (Å²) in [6, 6.07) is 13.3. The van der Waals surface area contributed by atoms with Crippen molar-refractivity contribution in [3.63, 3.8) is 0 Å². The number of ether oxygens (including phenoxy) is 3. The molecule has 4 atom stereocenters. The molecule has 0 aromatic heterocycles. The Balaban J connectivity index is 1.34. The van der Waals surface area contributed by atoms with E-state index < -0.39 is 22.2 Å². The fourth-order valence-corrected chi connectivity index (χ4v) is 5.97. The Morgan fingerprint density at radius 3 is 2.62 bits per heavy atom. The Kier molecular flexibility index (Phi) is 6.48. The minimum atomic E-state index is -3.73. The Bertz CT molecular complexity index is 1140. The highest BCUT2D eigenvalue weighted by Gasteiger charge is 2.46. The maximum atomic E-state index is 12.8. The van der Waals surface area contributed by atoms with Crippen molar-refractivity contribution in [3.8, 4) is 5.75 Å². The third-order valence-electron chi connectivity index (χ3n) is 6.57. The molecule has 34 heavy (non-hydrogen) atoms. The lowest BCUT2D eigenvalue weighted by Gasteiger charge is -2.38. The molecular formula is C24H28N2O7S. The van der Waals surface area contributed by atoms with Crippen LogP contribution in [0.5, 0.6) is 5.75 Å². The number of carbonyl (C=O) groups excluding carboxylic acids is 1. The first-order valence-electron chi connectivity index (χ1n) is 11.4. The third kappa shape index (κ3) is 4.63. The first-order valence-corrected chi connectivity index (χ1v) is 12.9. The van der Waals surface area contributed by atoms with E-state index >= 15 is 0 Å². The predicted octanol–water partition coefficient (Wildman–Crippen LogP) is 1.73. The molecule has 2 aromatic rings. The zero-order valence-electron chi connectivity index (χ0n) is 18.6. The van der Waals surface area contributed by atoms with Crippen LogP contribution in [0.25, 0.3) is 0 Å². The molecule has 2 fully saturated rings. The van der Waals surface area contributed by atoms with Crippen LogP contribution < -0.4 is 9.46 Å². The van der Waals surface area contributed by atoms with Crippen LogP contribution in [0.1, 0.15) is 24.3 Å². The highest BCUT2D eigenvalue weighted by Crippen LogP contribution is 2.47. The zero-order chi connectivity index (χ0) is 23.7. The summed E-state index contributed by atoms with van der Waals surface area (Å²) in [5.74, 6) is 0.524. The van der Waals surface area contributed by atoms with Gasteiger partial charge in [-0.15, -0.1) is 0 Å². The molecule has 0 bridgehead atoms. The van der Waals surface area contributed by atoms with E-state index in [9.17, 15) is 18.3 Å². The Labute approximate surface area is 198 Å². The minimum Gasteiger partial charge on any atom is -0.487 e. The lowest BCUT2D eigenvalue weighted by atomic mass is 9.84. The number of rotatable bonds is 6. The lowest BCUT2D eigenvalue weighted by Crippen LogP contribution is -2.48. The summed E-state index contributed by atoms with van der Waals surface area (Å²) >= 11 is 0. The molecule has 10 heteroatoms. The number of morpholine rings is 1. The number of carbonyl (C=O) groups is 1. The molecule has 1 amide bonds. The molecule has 0 unspecified atom stereocenters. The number of hydrogen-bond acceptors (Lipinski definition) is 7. The topological polar surface area (TPSA) is 114 Å². The summed E-state index contributed by atoms with van der Waals surface area (Å²) in [7, 11) is -3.73. The molecule has 2 N–H and O–H groups in total. The third-order valence-corrected chi connectivity index (χ3v) is 7.97. The summed E-state index contributed by atoms with van der Waals surface area (Å²) in [6.45, 7) is 1.97. The molecular weight excluding hydrogens is 460 g/mol. The van der Waals surface area contributed by atoms with Crippen LogP contribution in [0.3, 0.4) is 0 Å². The van der Waals surface area contributed by atoms with Gasteiger partial charge in [0, 0.05) is 30.3 Å². The molecule has 3 aliphatic heterocycles. The van der Waals surface area contributed by atoms with Gasteiger partial charge in [-0.2, -0.15) is 0 Å². The fourth-order valence-electron chi connectivity index (χ4n) is 4.90. The molecule has 9 nitrogen and oxygen atoms in total. The van der Waals surface area contributed by atoms with E-state index in [2.05, 4.69) is 4.72 Å². The van der Waals surface area contributed by atoms with E-state index in [1.54, 1.807) is 41.3 Å². The molecule has 0 aliphatic carbocycles. The van der Waals surface area contributed by atoms with Gasteiger partial charge in [-0.1, -0.05) is 18.2 Å². The summed E-state index contributed by atoms with van der Waals surface area (Å²) in [4.78, 5) is 14.7. The number of aliphatic hydroxyl groups is 1. The van der Waals surface area contributed by atoms with Crippen LogP contribution in [-0.2, 0) is 24.3 Å². The fraction of sp³-hybridized carbons (Fsp3) is 0.458. The molecule has 3 aliphatic rings. The van der Waals surface area contributed by atoms with E-state index in [0.717, 1.165) is 5.56 Å². The van der Waals surface area contributed by atoms with E-state index in [1.807, 2.05) is 0 Å². The number of fused-ring (bicyclic) bond motifs is 3. The molecule has 5 rings (SSSR count). The second-order valence-corrected chi connectivity index (χ2v) is 10.5. The van der Waals surface area contributed by atoms with Gasteiger partial charge in [0.15, 0.2) is 0 Å².